The molecule has 0 aliphatic carbocycles. The minimum atomic E-state index is -0.206. The van der Waals surface area contributed by atoms with Crippen LogP contribution in [0.4, 0.5) is 0 Å². The molecule has 2 heterocycles. The molecule has 0 aliphatic rings. The number of hydrogen-bond acceptors (Lipinski definition) is 3. The first-order valence-electron chi connectivity index (χ1n) is 7.15. The maximum absolute atomic E-state index is 12.4. The predicted molar refractivity (Wildman–Crippen MR) is 91.4 cm³/mol. The molecule has 1 N–H and O–H groups in total. The van der Waals surface area contributed by atoms with Gasteiger partial charge >= 0.3 is 0 Å². The summed E-state index contributed by atoms with van der Waals surface area (Å²) in [7, 11) is 0. The zero-order chi connectivity index (χ0) is 16.2. The molecule has 1 atom stereocenters. The fourth-order valence-corrected chi connectivity index (χ4v) is 2.46. The molecule has 0 aliphatic heterocycles. The van der Waals surface area contributed by atoms with Crippen LogP contribution in [0, 0.1) is 0 Å². The largest absolute Gasteiger partial charge is 0.344 e. The normalized spacial score (nSPS) is 11.9. The minimum Gasteiger partial charge on any atom is -0.344 e. The van der Waals surface area contributed by atoms with Gasteiger partial charge < -0.3 is 5.32 Å². The van der Waals surface area contributed by atoms with E-state index in [0.29, 0.717) is 11.5 Å². The van der Waals surface area contributed by atoms with Crippen molar-refractivity contribution in [2.45, 2.75) is 13.0 Å². The summed E-state index contributed by atoms with van der Waals surface area (Å²) in [6, 6.07) is 13.1. The highest BCUT2D eigenvalue weighted by molar-refractivity contribution is 9.10. The first-order chi connectivity index (χ1) is 11.1. The average Bonchev–Trinajstić information content (AvgIpc) is 3.10. The van der Waals surface area contributed by atoms with Gasteiger partial charge in [-0.15, -0.1) is 0 Å². The quantitative estimate of drug-likeness (QED) is 0.764. The van der Waals surface area contributed by atoms with E-state index in [-0.39, 0.29) is 11.9 Å². The van der Waals surface area contributed by atoms with E-state index in [9.17, 15) is 4.79 Å². The highest BCUT2D eigenvalue weighted by atomic mass is 79.9. The SMILES string of the molecule is CC(NC(=O)c1cccc(-n2ccnc2)n1)c1ccc(Br)cc1. The number of amides is 1. The van der Waals surface area contributed by atoms with Gasteiger partial charge in [-0.1, -0.05) is 34.1 Å². The summed E-state index contributed by atoms with van der Waals surface area (Å²) in [6.45, 7) is 1.95. The summed E-state index contributed by atoms with van der Waals surface area (Å²) in [5.74, 6) is 0.453. The van der Waals surface area contributed by atoms with Crippen molar-refractivity contribution in [1.82, 2.24) is 19.9 Å². The van der Waals surface area contributed by atoms with Crippen LogP contribution in [0.25, 0.3) is 5.82 Å². The van der Waals surface area contributed by atoms with Crippen molar-refractivity contribution in [3.05, 3.63) is 76.9 Å². The van der Waals surface area contributed by atoms with E-state index in [2.05, 4.69) is 31.2 Å². The topological polar surface area (TPSA) is 59.8 Å². The van der Waals surface area contributed by atoms with E-state index in [0.717, 1.165) is 10.0 Å². The third-order valence-electron chi connectivity index (χ3n) is 3.45. The van der Waals surface area contributed by atoms with Gasteiger partial charge in [0.15, 0.2) is 0 Å². The van der Waals surface area contributed by atoms with Gasteiger partial charge in [0.25, 0.3) is 5.91 Å². The van der Waals surface area contributed by atoms with E-state index in [1.165, 1.54) is 0 Å². The Bertz CT molecular complexity index is 800. The van der Waals surface area contributed by atoms with Gasteiger partial charge in [-0.3, -0.25) is 9.36 Å². The Kier molecular flexibility index (Phi) is 4.52. The Morgan fingerprint density at radius 3 is 2.70 bits per heavy atom. The minimum absolute atomic E-state index is 0.102. The van der Waals surface area contributed by atoms with Crippen molar-refractivity contribution < 1.29 is 4.79 Å². The van der Waals surface area contributed by atoms with E-state index in [1.807, 2.05) is 43.3 Å². The number of halogens is 1. The number of carbonyl (C=O) groups excluding carboxylic acids is 1. The zero-order valence-electron chi connectivity index (χ0n) is 12.5. The summed E-state index contributed by atoms with van der Waals surface area (Å²) in [5, 5.41) is 2.96. The third kappa shape index (κ3) is 3.65. The van der Waals surface area contributed by atoms with Gasteiger partial charge in [-0.25, -0.2) is 9.97 Å². The lowest BCUT2D eigenvalue weighted by Crippen LogP contribution is -2.27. The monoisotopic (exact) mass is 370 g/mol. The molecular weight excluding hydrogens is 356 g/mol. The lowest BCUT2D eigenvalue weighted by Gasteiger charge is -2.14. The number of aromatic nitrogens is 3. The Labute approximate surface area is 142 Å². The number of rotatable bonds is 4. The summed E-state index contributed by atoms with van der Waals surface area (Å²) in [5.41, 5.74) is 1.41. The second-order valence-corrected chi connectivity index (χ2v) is 6.01. The van der Waals surface area contributed by atoms with Crippen molar-refractivity contribution >= 4 is 21.8 Å². The lowest BCUT2D eigenvalue weighted by molar-refractivity contribution is 0.0935. The zero-order valence-corrected chi connectivity index (χ0v) is 14.1. The number of benzene rings is 1. The molecule has 3 aromatic rings. The smallest absolute Gasteiger partial charge is 0.270 e. The predicted octanol–water partition coefficient (Wildman–Crippen LogP) is 3.52. The van der Waals surface area contributed by atoms with Crippen molar-refractivity contribution in [2.75, 3.05) is 0 Å². The third-order valence-corrected chi connectivity index (χ3v) is 3.98. The van der Waals surface area contributed by atoms with Gasteiger partial charge in [0.05, 0.1) is 6.04 Å². The number of imidazole rings is 1. The fourth-order valence-electron chi connectivity index (χ4n) is 2.19. The van der Waals surface area contributed by atoms with Crippen molar-refractivity contribution in [3.8, 4) is 5.82 Å². The number of carbonyl (C=O) groups is 1. The second-order valence-electron chi connectivity index (χ2n) is 5.10. The van der Waals surface area contributed by atoms with Crippen LogP contribution in [0.3, 0.4) is 0 Å². The number of pyridine rings is 1. The Morgan fingerprint density at radius 1 is 1.22 bits per heavy atom. The molecule has 0 fully saturated rings. The molecule has 6 heteroatoms. The van der Waals surface area contributed by atoms with E-state index in [4.69, 9.17) is 0 Å². The molecule has 116 valence electrons. The van der Waals surface area contributed by atoms with Crippen LogP contribution in [0.2, 0.25) is 0 Å². The van der Waals surface area contributed by atoms with Crippen LogP contribution >= 0.6 is 15.9 Å². The standard InChI is InChI=1S/C17H15BrN4O/c1-12(13-5-7-14(18)8-6-13)20-17(23)15-3-2-4-16(21-15)22-10-9-19-11-22/h2-12H,1H3,(H,20,23). The number of nitrogens with one attached hydrogen (secondary N) is 1. The second kappa shape index (κ2) is 6.75. The van der Waals surface area contributed by atoms with Crippen molar-refractivity contribution in [3.63, 3.8) is 0 Å². The first kappa shape index (κ1) is 15.4. The van der Waals surface area contributed by atoms with Gasteiger partial charge in [-0.05, 0) is 36.8 Å². The number of hydrogen-bond donors (Lipinski definition) is 1. The fraction of sp³-hybridized carbons (Fsp3) is 0.118. The van der Waals surface area contributed by atoms with Crippen molar-refractivity contribution in [2.24, 2.45) is 0 Å². The summed E-state index contributed by atoms with van der Waals surface area (Å²) < 4.78 is 2.77. The molecular formula is C17H15BrN4O. The van der Waals surface area contributed by atoms with Gasteiger partial charge in [0, 0.05) is 16.9 Å². The van der Waals surface area contributed by atoms with E-state index < -0.39 is 0 Å². The van der Waals surface area contributed by atoms with Crippen LogP contribution < -0.4 is 5.32 Å². The van der Waals surface area contributed by atoms with Crippen LogP contribution in [0.5, 0.6) is 0 Å². The van der Waals surface area contributed by atoms with Crippen LogP contribution in [0.1, 0.15) is 29.0 Å². The molecule has 1 unspecified atom stereocenters. The van der Waals surface area contributed by atoms with Gasteiger partial charge in [-0.2, -0.15) is 0 Å². The molecule has 5 nitrogen and oxygen atoms in total. The molecule has 0 bridgehead atoms. The molecule has 1 aromatic carbocycles. The summed E-state index contributed by atoms with van der Waals surface area (Å²) in [4.78, 5) is 20.8. The molecule has 2 aromatic heterocycles. The van der Waals surface area contributed by atoms with Crippen molar-refractivity contribution in [1.29, 1.82) is 0 Å². The van der Waals surface area contributed by atoms with E-state index >= 15 is 0 Å². The maximum atomic E-state index is 12.4. The maximum Gasteiger partial charge on any atom is 0.270 e. The van der Waals surface area contributed by atoms with Crippen LogP contribution in [-0.2, 0) is 0 Å². The Balaban J connectivity index is 1.75. The average molecular weight is 371 g/mol. The molecule has 0 saturated heterocycles. The van der Waals surface area contributed by atoms with Crippen LogP contribution in [-0.4, -0.2) is 20.4 Å². The number of nitrogens with zero attached hydrogens (tertiary/aromatic N) is 3. The van der Waals surface area contributed by atoms with Crippen LogP contribution in [0.15, 0.2) is 65.7 Å². The Morgan fingerprint density at radius 2 is 2.00 bits per heavy atom. The van der Waals surface area contributed by atoms with Gasteiger partial charge in [0.2, 0.25) is 0 Å². The first-order valence-corrected chi connectivity index (χ1v) is 7.94. The summed E-state index contributed by atoms with van der Waals surface area (Å²) in [6.07, 6.45) is 5.10. The van der Waals surface area contributed by atoms with E-state index in [1.54, 1.807) is 29.4 Å². The van der Waals surface area contributed by atoms with Gasteiger partial charge in [0.1, 0.15) is 17.8 Å². The molecule has 0 spiro atoms. The molecule has 3 rings (SSSR count). The Hall–Kier alpha value is -2.47. The highest BCUT2D eigenvalue weighted by Crippen LogP contribution is 2.17. The lowest BCUT2D eigenvalue weighted by atomic mass is 10.1. The highest BCUT2D eigenvalue weighted by Gasteiger charge is 2.13. The summed E-state index contributed by atoms with van der Waals surface area (Å²) >= 11 is 3.40. The molecule has 0 saturated carbocycles. The molecule has 0 radical (unpaired) electrons. The molecule has 1 amide bonds. The molecule has 23 heavy (non-hydrogen) atoms.